The van der Waals surface area contributed by atoms with E-state index in [0.717, 1.165) is 0 Å². The topological polar surface area (TPSA) is 71.3 Å². The van der Waals surface area contributed by atoms with Crippen LogP contribution in [0, 0.1) is 0 Å². The first-order valence-electron chi connectivity index (χ1n) is 5.95. The van der Waals surface area contributed by atoms with E-state index in [2.05, 4.69) is 20.7 Å². The van der Waals surface area contributed by atoms with E-state index in [4.69, 9.17) is 0 Å². The van der Waals surface area contributed by atoms with Gasteiger partial charge in [-0.2, -0.15) is 0 Å². The average molecular weight is 359 g/mol. The Morgan fingerprint density at radius 1 is 1.30 bits per heavy atom. The van der Waals surface area contributed by atoms with Crippen LogP contribution < -0.4 is 4.72 Å². The van der Waals surface area contributed by atoms with Crippen molar-refractivity contribution in [2.75, 3.05) is 6.54 Å². The predicted molar refractivity (Wildman–Crippen MR) is 79.7 cm³/mol. The first kappa shape index (κ1) is 15.2. The Balaban J connectivity index is 2.11. The molecule has 0 spiro atoms. The molecule has 2 N–H and O–H groups in total. The minimum atomic E-state index is -3.66. The second-order valence-corrected chi connectivity index (χ2v) is 6.93. The summed E-state index contributed by atoms with van der Waals surface area (Å²) in [5, 5.41) is 10.0. The van der Waals surface area contributed by atoms with Gasteiger partial charge in [-0.05, 0) is 40.2 Å². The fraction of sp³-hybridized carbons (Fsp3) is 0.231. The van der Waals surface area contributed by atoms with E-state index in [9.17, 15) is 13.5 Å². The molecule has 1 aromatic carbocycles. The number of rotatable bonds is 5. The summed E-state index contributed by atoms with van der Waals surface area (Å²) in [5.41, 5.74) is 0.653. The molecule has 2 aromatic rings. The summed E-state index contributed by atoms with van der Waals surface area (Å²) in [6.45, 7) is -0.0818. The number of nitrogens with one attached hydrogen (secondary N) is 1. The summed E-state index contributed by atoms with van der Waals surface area (Å²) in [6, 6.07) is 10.1. The fourth-order valence-corrected chi connectivity index (χ4v) is 3.89. The highest BCUT2D eigenvalue weighted by atomic mass is 79.9. The van der Waals surface area contributed by atoms with Crippen LogP contribution in [0.15, 0.2) is 52.0 Å². The highest BCUT2D eigenvalue weighted by molar-refractivity contribution is 9.10. The van der Waals surface area contributed by atoms with Gasteiger partial charge in [-0.25, -0.2) is 13.1 Å². The molecule has 7 heteroatoms. The summed E-state index contributed by atoms with van der Waals surface area (Å²) in [5.74, 6) is 0. The van der Waals surface area contributed by atoms with E-state index in [1.807, 2.05) is 0 Å². The van der Waals surface area contributed by atoms with Crippen molar-refractivity contribution in [2.24, 2.45) is 7.05 Å². The van der Waals surface area contributed by atoms with E-state index in [1.54, 1.807) is 48.1 Å². The number of hydrogen-bond acceptors (Lipinski definition) is 3. The number of aromatic nitrogens is 1. The fourth-order valence-electron chi connectivity index (χ4n) is 1.85. The molecule has 0 radical (unpaired) electrons. The second-order valence-electron chi connectivity index (χ2n) is 4.34. The molecule has 0 fully saturated rings. The summed E-state index contributed by atoms with van der Waals surface area (Å²) >= 11 is 3.20. The van der Waals surface area contributed by atoms with Crippen molar-refractivity contribution in [1.82, 2.24) is 9.29 Å². The first-order valence-corrected chi connectivity index (χ1v) is 8.23. The van der Waals surface area contributed by atoms with Crippen LogP contribution >= 0.6 is 15.9 Å². The number of nitrogens with zero attached hydrogens (tertiary/aromatic N) is 1. The monoisotopic (exact) mass is 358 g/mol. The molecule has 5 nitrogen and oxygen atoms in total. The predicted octanol–water partition coefficient (Wildman–Crippen LogP) is 1.80. The standard InChI is InChI=1S/C13H15BrN2O3S/c1-16-8-4-6-11(16)12(17)9-15-20(18,19)13-7-3-2-5-10(13)14/h2-8,12,15,17H,9H2,1H3. The molecule has 0 aliphatic rings. The lowest BCUT2D eigenvalue weighted by atomic mass is 10.2. The van der Waals surface area contributed by atoms with Crippen LogP contribution in [-0.2, 0) is 17.1 Å². The molecule has 0 amide bonds. The lowest BCUT2D eigenvalue weighted by Gasteiger charge is -2.14. The Kier molecular flexibility index (Phi) is 4.64. The Bertz CT molecular complexity index is 697. The molecule has 108 valence electrons. The summed E-state index contributed by atoms with van der Waals surface area (Å²) in [4.78, 5) is 0.152. The molecular weight excluding hydrogens is 344 g/mol. The number of aryl methyl sites for hydroxylation is 1. The van der Waals surface area contributed by atoms with Gasteiger partial charge >= 0.3 is 0 Å². The van der Waals surface area contributed by atoms with E-state index < -0.39 is 16.1 Å². The van der Waals surface area contributed by atoms with Crippen molar-refractivity contribution in [2.45, 2.75) is 11.0 Å². The summed E-state index contributed by atoms with van der Waals surface area (Å²) < 4.78 is 29.0. The molecule has 0 saturated carbocycles. The Labute approximate surface area is 126 Å². The van der Waals surface area contributed by atoms with Gasteiger partial charge in [0.15, 0.2) is 0 Å². The Hall–Kier alpha value is -1.15. The Morgan fingerprint density at radius 3 is 2.60 bits per heavy atom. The van der Waals surface area contributed by atoms with E-state index in [1.165, 1.54) is 6.07 Å². The maximum Gasteiger partial charge on any atom is 0.241 e. The van der Waals surface area contributed by atoms with Gasteiger partial charge in [-0.1, -0.05) is 12.1 Å². The number of hydrogen-bond donors (Lipinski definition) is 2. The SMILES string of the molecule is Cn1cccc1C(O)CNS(=O)(=O)c1ccccc1Br. The van der Waals surface area contributed by atoms with Crippen LogP contribution in [0.25, 0.3) is 0 Å². The smallest absolute Gasteiger partial charge is 0.241 e. The van der Waals surface area contributed by atoms with Gasteiger partial charge in [0, 0.05) is 30.0 Å². The molecule has 2 rings (SSSR count). The number of halogens is 1. The molecular formula is C13H15BrN2O3S. The molecule has 0 saturated heterocycles. The van der Waals surface area contributed by atoms with Gasteiger partial charge in [-0.15, -0.1) is 0 Å². The highest BCUT2D eigenvalue weighted by Gasteiger charge is 2.19. The van der Waals surface area contributed by atoms with Crippen LogP contribution in [0.2, 0.25) is 0 Å². The molecule has 0 aliphatic heterocycles. The third-order valence-electron chi connectivity index (χ3n) is 2.92. The van der Waals surface area contributed by atoms with Crippen molar-refractivity contribution < 1.29 is 13.5 Å². The van der Waals surface area contributed by atoms with Gasteiger partial charge < -0.3 is 9.67 Å². The van der Waals surface area contributed by atoms with Crippen molar-refractivity contribution >= 4 is 26.0 Å². The van der Waals surface area contributed by atoms with Crippen LogP contribution in [0.4, 0.5) is 0 Å². The van der Waals surface area contributed by atoms with Gasteiger partial charge in [0.05, 0.1) is 4.90 Å². The zero-order chi connectivity index (χ0) is 14.8. The minimum Gasteiger partial charge on any atom is -0.386 e. The number of benzene rings is 1. The summed E-state index contributed by atoms with van der Waals surface area (Å²) in [6.07, 6.45) is 0.896. The van der Waals surface area contributed by atoms with E-state index in [-0.39, 0.29) is 11.4 Å². The first-order chi connectivity index (χ1) is 9.42. The number of aliphatic hydroxyl groups is 1. The van der Waals surface area contributed by atoms with Crippen molar-refractivity contribution in [3.05, 3.63) is 52.8 Å². The number of sulfonamides is 1. The van der Waals surface area contributed by atoms with Crippen molar-refractivity contribution in [1.29, 1.82) is 0 Å². The quantitative estimate of drug-likeness (QED) is 0.855. The van der Waals surface area contributed by atoms with Crippen LogP contribution in [0.1, 0.15) is 11.8 Å². The van der Waals surface area contributed by atoms with Crippen LogP contribution in [0.3, 0.4) is 0 Å². The third-order valence-corrected chi connectivity index (χ3v) is 5.35. The molecule has 1 unspecified atom stereocenters. The highest BCUT2D eigenvalue weighted by Crippen LogP contribution is 2.21. The zero-order valence-electron chi connectivity index (χ0n) is 10.8. The van der Waals surface area contributed by atoms with Crippen molar-refractivity contribution in [3.63, 3.8) is 0 Å². The molecule has 1 heterocycles. The minimum absolute atomic E-state index is 0.0818. The molecule has 0 aliphatic carbocycles. The largest absolute Gasteiger partial charge is 0.386 e. The second kappa shape index (κ2) is 6.09. The lowest BCUT2D eigenvalue weighted by Crippen LogP contribution is -2.29. The maximum atomic E-state index is 12.2. The average Bonchev–Trinajstić information content (AvgIpc) is 2.83. The van der Waals surface area contributed by atoms with Gasteiger partial charge in [0.2, 0.25) is 10.0 Å². The molecule has 0 bridgehead atoms. The lowest BCUT2D eigenvalue weighted by molar-refractivity contribution is 0.173. The molecule has 20 heavy (non-hydrogen) atoms. The molecule has 1 aromatic heterocycles. The van der Waals surface area contributed by atoms with Crippen LogP contribution in [0.5, 0.6) is 0 Å². The maximum absolute atomic E-state index is 12.2. The number of aliphatic hydroxyl groups excluding tert-OH is 1. The van der Waals surface area contributed by atoms with E-state index in [0.29, 0.717) is 10.2 Å². The normalized spacial score (nSPS) is 13.3. The van der Waals surface area contributed by atoms with Crippen LogP contribution in [-0.4, -0.2) is 24.6 Å². The summed E-state index contributed by atoms with van der Waals surface area (Å²) in [7, 11) is -1.86. The zero-order valence-corrected chi connectivity index (χ0v) is 13.2. The van der Waals surface area contributed by atoms with E-state index >= 15 is 0 Å². The Morgan fingerprint density at radius 2 is 2.00 bits per heavy atom. The van der Waals surface area contributed by atoms with Gasteiger partial charge in [0.1, 0.15) is 6.10 Å². The van der Waals surface area contributed by atoms with Crippen molar-refractivity contribution in [3.8, 4) is 0 Å². The van der Waals surface area contributed by atoms with Gasteiger partial charge in [0.25, 0.3) is 0 Å². The molecule has 1 atom stereocenters. The van der Waals surface area contributed by atoms with Gasteiger partial charge in [-0.3, -0.25) is 0 Å². The third kappa shape index (κ3) is 3.29.